The van der Waals surface area contributed by atoms with E-state index in [4.69, 9.17) is 9.47 Å². The van der Waals surface area contributed by atoms with Gasteiger partial charge < -0.3 is 9.47 Å². The van der Waals surface area contributed by atoms with Crippen LogP contribution in [-0.2, 0) is 12.8 Å². The van der Waals surface area contributed by atoms with Gasteiger partial charge in [-0.05, 0) is 38.0 Å². The van der Waals surface area contributed by atoms with E-state index in [1.165, 1.54) is 0 Å². The molecule has 0 unspecified atom stereocenters. The third-order valence-electron chi connectivity index (χ3n) is 4.24. The molecule has 8 nitrogen and oxygen atoms in total. The molecule has 1 aliphatic heterocycles. The fourth-order valence-corrected chi connectivity index (χ4v) is 2.97. The van der Waals surface area contributed by atoms with Crippen molar-refractivity contribution < 1.29 is 9.47 Å². The summed E-state index contributed by atoms with van der Waals surface area (Å²) in [6.45, 7) is 4.16. The molecule has 0 bridgehead atoms. The largest absolute Gasteiger partial charge is 0.454 e. The van der Waals surface area contributed by atoms with Crippen LogP contribution in [0.2, 0.25) is 0 Å². The topological polar surface area (TPSA) is 97.8 Å². The van der Waals surface area contributed by atoms with Crippen molar-refractivity contribution in [2.24, 2.45) is 0 Å². The van der Waals surface area contributed by atoms with Gasteiger partial charge in [0.15, 0.2) is 11.5 Å². The third-order valence-corrected chi connectivity index (χ3v) is 4.24. The third kappa shape index (κ3) is 2.36. The van der Waals surface area contributed by atoms with Crippen LogP contribution in [0.4, 0.5) is 0 Å². The predicted molar refractivity (Wildman–Crippen MR) is 85.8 cm³/mol. The van der Waals surface area contributed by atoms with E-state index in [1.54, 1.807) is 16.7 Å². The van der Waals surface area contributed by atoms with Gasteiger partial charge in [0, 0.05) is 18.2 Å². The summed E-state index contributed by atoms with van der Waals surface area (Å²) in [5, 5.41) is 13.9. The van der Waals surface area contributed by atoms with Crippen molar-refractivity contribution in [3.8, 4) is 17.2 Å². The zero-order valence-electron chi connectivity index (χ0n) is 13.4. The first kappa shape index (κ1) is 14.6. The van der Waals surface area contributed by atoms with Crippen LogP contribution in [0, 0.1) is 13.8 Å². The van der Waals surface area contributed by atoms with E-state index < -0.39 is 0 Å². The van der Waals surface area contributed by atoms with Crippen LogP contribution >= 0.6 is 0 Å². The number of hydrogen-bond acceptors (Lipinski definition) is 5. The second-order valence-corrected chi connectivity index (χ2v) is 5.73. The summed E-state index contributed by atoms with van der Waals surface area (Å²) in [5.41, 5.74) is 3.60. The van der Waals surface area contributed by atoms with Crippen molar-refractivity contribution in [3.05, 3.63) is 51.5 Å². The van der Waals surface area contributed by atoms with Gasteiger partial charge in [0.1, 0.15) is 5.82 Å². The SMILES string of the molecule is Cc1n[nH]c(C)c1CCc1n[nH]c(=O)n1-c1ccc2c(c1)OCO2. The highest BCUT2D eigenvalue weighted by Gasteiger charge is 2.17. The Morgan fingerprint density at radius 1 is 1.12 bits per heavy atom. The molecular formula is C16H17N5O3. The molecule has 0 spiro atoms. The van der Waals surface area contributed by atoms with Gasteiger partial charge in [0.25, 0.3) is 0 Å². The number of nitrogens with one attached hydrogen (secondary N) is 2. The lowest BCUT2D eigenvalue weighted by Crippen LogP contribution is -2.17. The molecule has 0 amide bonds. The highest BCUT2D eigenvalue weighted by Crippen LogP contribution is 2.33. The molecule has 0 fully saturated rings. The molecular weight excluding hydrogens is 310 g/mol. The van der Waals surface area contributed by atoms with Crippen LogP contribution in [0.25, 0.3) is 5.69 Å². The summed E-state index contributed by atoms with van der Waals surface area (Å²) >= 11 is 0. The van der Waals surface area contributed by atoms with E-state index >= 15 is 0 Å². The zero-order chi connectivity index (χ0) is 16.7. The summed E-state index contributed by atoms with van der Waals surface area (Å²) < 4.78 is 12.3. The first-order chi connectivity index (χ1) is 11.6. The fourth-order valence-electron chi connectivity index (χ4n) is 2.97. The smallest absolute Gasteiger partial charge is 0.347 e. The van der Waals surface area contributed by atoms with Gasteiger partial charge in [-0.2, -0.15) is 10.2 Å². The second-order valence-electron chi connectivity index (χ2n) is 5.73. The molecule has 0 atom stereocenters. The lowest BCUT2D eigenvalue weighted by molar-refractivity contribution is 0.174. The molecule has 1 aromatic carbocycles. The van der Waals surface area contributed by atoms with Gasteiger partial charge in [-0.15, -0.1) is 0 Å². The first-order valence-electron chi connectivity index (χ1n) is 7.70. The van der Waals surface area contributed by atoms with Gasteiger partial charge in [-0.1, -0.05) is 0 Å². The molecule has 2 aromatic heterocycles. The van der Waals surface area contributed by atoms with Crippen LogP contribution in [0.5, 0.6) is 11.5 Å². The summed E-state index contributed by atoms with van der Waals surface area (Å²) in [4.78, 5) is 12.2. The second kappa shape index (κ2) is 5.55. The zero-order valence-corrected chi connectivity index (χ0v) is 13.4. The number of aromatic amines is 2. The molecule has 4 rings (SSSR count). The average Bonchev–Trinajstić information content (AvgIpc) is 3.25. The Labute approximate surface area is 137 Å². The van der Waals surface area contributed by atoms with Crippen molar-refractivity contribution >= 4 is 0 Å². The van der Waals surface area contributed by atoms with Crippen molar-refractivity contribution in [2.75, 3.05) is 6.79 Å². The molecule has 124 valence electrons. The summed E-state index contributed by atoms with van der Waals surface area (Å²) in [6.07, 6.45) is 1.37. The van der Waals surface area contributed by atoms with Crippen LogP contribution < -0.4 is 15.2 Å². The van der Waals surface area contributed by atoms with Crippen molar-refractivity contribution in [1.29, 1.82) is 0 Å². The maximum absolute atomic E-state index is 12.2. The van der Waals surface area contributed by atoms with E-state index in [2.05, 4.69) is 20.4 Å². The number of H-pyrrole nitrogens is 2. The van der Waals surface area contributed by atoms with E-state index in [1.807, 2.05) is 19.9 Å². The molecule has 1 aliphatic rings. The molecule has 8 heteroatoms. The number of benzene rings is 1. The van der Waals surface area contributed by atoms with Crippen LogP contribution in [0.15, 0.2) is 23.0 Å². The number of ether oxygens (including phenoxy) is 2. The Bertz CT molecular complexity index is 934. The summed E-state index contributed by atoms with van der Waals surface area (Å²) in [6, 6.07) is 5.41. The van der Waals surface area contributed by atoms with Gasteiger partial charge in [0.05, 0.1) is 11.4 Å². The standard InChI is InChI=1S/C16H17N5O3/c1-9-12(10(2)18-17-9)4-6-15-19-20-16(22)21(15)11-3-5-13-14(7-11)24-8-23-13/h3,5,7H,4,6,8H2,1-2H3,(H,17,18)(H,20,22). The van der Waals surface area contributed by atoms with Gasteiger partial charge in [-0.3, -0.25) is 5.10 Å². The van der Waals surface area contributed by atoms with E-state index in [-0.39, 0.29) is 12.5 Å². The molecule has 24 heavy (non-hydrogen) atoms. The Kier molecular flexibility index (Phi) is 3.37. The lowest BCUT2D eigenvalue weighted by Gasteiger charge is -2.07. The van der Waals surface area contributed by atoms with E-state index in [0.717, 1.165) is 23.4 Å². The Hall–Kier alpha value is -3.03. The Morgan fingerprint density at radius 3 is 2.75 bits per heavy atom. The van der Waals surface area contributed by atoms with Crippen molar-refractivity contribution in [3.63, 3.8) is 0 Å². The van der Waals surface area contributed by atoms with Crippen molar-refractivity contribution in [2.45, 2.75) is 26.7 Å². The van der Waals surface area contributed by atoms with E-state index in [9.17, 15) is 4.79 Å². The van der Waals surface area contributed by atoms with Crippen LogP contribution in [0.3, 0.4) is 0 Å². The highest BCUT2D eigenvalue weighted by atomic mass is 16.7. The summed E-state index contributed by atoms with van der Waals surface area (Å²) in [5.74, 6) is 1.98. The molecule has 2 N–H and O–H groups in total. The van der Waals surface area contributed by atoms with Crippen LogP contribution in [-0.4, -0.2) is 31.8 Å². The van der Waals surface area contributed by atoms with Crippen LogP contribution in [0.1, 0.15) is 22.8 Å². The molecule has 3 heterocycles. The molecule has 0 saturated heterocycles. The highest BCUT2D eigenvalue weighted by molar-refractivity contribution is 5.50. The minimum Gasteiger partial charge on any atom is -0.454 e. The number of aryl methyl sites for hydroxylation is 3. The normalized spacial score (nSPS) is 12.8. The Morgan fingerprint density at radius 2 is 1.96 bits per heavy atom. The van der Waals surface area contributed by atoms with Gasteiger partial charge in [-0.25, -0.2) is 14.5 Å². The van der Waals surface area contributed by atoms with E-state index in [0.29, 0.717) is 29.4 Å². The van der Waals surface area contributed by atoms with Gasteiger partial charge >= 0.3 is 5.69 Å². The minimum atomic E-state index is -0.274. The molecule has 3 aromatic rings. The number of hydrogen-bond donors (Lipinski definition) is 2. The fraction of sp³-hybridized carbons (Fsp3) is 0.312. The monoisotopic (exact) mass is 327 g/mol. The molecule has 0 saturated carbocycles. The lowest BCUT2D eigenvalue weighted by atomic mass is 10.1. The summed E-state index contributed by atoms with van der Waals surface area (Å²) in [7, 11) is 0. The average molecular weight is 327 g/mol. The first-order valence-corrected chi connectivity index (χ1v) is 7.70. The maximum atomic E-state index is 12.2. The molecule has 0 radical (unpaired) electrons. The number of rotatable bonds is 4. The minimum absolute atomic E-state index is 0.199. The number of fused-ring (bicyclic) bond motifs is 1. The maximum Gasteiger partial charge on any atom is 0.347 e. The number of aromatic nitrogens is 5. The Balaban J connectivity index is 1.65. The quantitative estimate of drug-likeness (QED) is 0.755. The van der Waals surface area contributed by atoms with Crippen molar-refractivity contribution in [1.82, 2.24) is 25.0 Å². The van der Waals surface area contributed by atoms with Gasteiger partial charge in [0.2, 0.25) is 6.79 Å². The predicted octanol–water partition coefficient (Wildman–Crippen LogP) is 1.41. The molecule has 0 aliphatic carbocycles. The number of nitrogens with zero attached hydrogens (tertiary/aromatic N) is 3.